The summed E-state index contributed by atoms with van der Waals surface area (Å²) in [6.07, 6.45) is 0. The molecule has 0 aliphatic heterocycles. The van der Waals surface area contributed by atoms with Crippen molar-refractivity contribution in [3.63, 3.8) is 0 Å². The molecule has 2 N–H and O–H groups in total. The van der Waals surface area contributed by atoms with Gasteiger partial charge in [-0.1, -0.05) is 24.4 Å². The minimum atomic E-state index is -3.34. The first-order chi connectivity index (χ1) is 8.97. The van der Waals surface area contributed by atoms with Crippen molar-refractivity contribution in [3.05, 3.63) is 29.8 Å². The highest BCUT2D eigenvalue weighted by molar-refractivity contribution is 7.91. The van der Waals surface area contributed by atoms with Crippen LogP contribution in [0.25, 0.3) is 0 Å². The number of rotatable bonds is 8. The highest BCUT2D eigenvalue weighted by atomic mass is 32.2. The molecule has 0 amide bonds. The van der Waals surface area contributed by atoms with Gasteiger partial charge in [-0.25, -0.2) is 8.42 Å². The molecule has 1 rings (SSSR count). The van der Waals surface area contributed by atoms with Crippen LogP contribution in [0.15, 0.2) is 29.2 Å². The van der Waals surface area contributed by atoms with E-state index >= 15 is 0 Å². The van der Waals surface area contributed by atoms with Gasteiger partial charge in [0.05, 0.1) is 30.5 Å². The van der Waals surface area contributed by atoms with E-state index in [0.717, 1.165) is 0 Å². The monoisotopic (exact) mass is 303 g/mol. The number of thiocarbonyl (C=S) groups is 1. The van der Waals surface area contributed by atoms with E-state index < -0.39 is 9.84 Å². The highest BCUT2D eigenvalue weighted by Gasteiger charge is 2.14. The lowest BCUT2D eigenvalue weighted by Crippen LogP contribution is -2.15. The first-order valence-corrected chi connectivity index (χ1v) is 7.73. The topological polar surface area (TPSA) is 78.6 Å². The molecule has 0 spiro atoms. The van der Waals surface area contributed by atoms with Crippen LogP contribution < -0.4 is 5.73 Å². The second-order valence-electron chi connectivity index (χ2n) is 3.81. The lowest BCUT2D eigenvalue weighted by atomic mass is 10.2. The Kier molecular flexibility index (Phi) is 6.36. The van der Waals surface area contributed by atoms with Gasteiger partial charge in [0.1, 0.15) is 4.99 Å². The van der Waals surface area contributed by atoms with Gasteiger partial charge >= 0.3 is 0 Å². The molecule has 0 atom stereocenters. The maximum Gasteiger partial charge on any atom is 0.180 e. The van der Waals surface area contributed by atoms with Crippen molar-refractivity contribution in [1.29, 1.82) is 0 Å². The van der Waals surface area contributed by atoms with Crippen LogP contribution in [0.3, 0.4) is 0 Å². The Morgan fingerprint density at radius 1 is 1.21 bits per heavy atom. The van der Waals surface area contributed by atoms with Gasteiger partial charge in [-0.05, 0) is 12.1 Å². The molecule has 0 bridgehead atoms. The first kappa shape index (κ1) is 16.0. The van der Waals surface area contributed by atoms with Gasteiger partial charge in [0.2, 0.25) is 0 Å². The van der Waals surface area contributed by atoms with Gasteiger partial charge < -0.3 is 15.2 Å². The van der Waals surface area contributed by atoms with Crippen LogP contribution in [-0.2, 0) is 19.3 Å². The quantitative estimate of drug-likeness (QED) is 0.564. The summed E-state index contributed by atoms with van der Waals surface area (Å²) in [6, 6.07) is 6.19. The minimum Gasteiger partial charge on any atom is -0.389 e. The van der Waals surface area contributed by atoms with Crippen molar-refractivity contribution >= 4 is 27.0 Å². The van der Waals surface area contributed by atoms with Crippen LogP contribution in [0.2, 0.25) is 0 Å². The lowest BCUT2D eigenvalue weighted by molar-refractivity contribution is 0.0785. The summed E-state index contributed by atoms with van der Waals surface area (Å²) in [5.74, 6) is -0.0663. The Morgan fingerprint density at radius 3 is 2.37 bits per heavy atom. The van der Waals surface area contributed by atoms with Crippen molar-refractivity contribution in [2.75, 3.05) is 32.7 Å². The predicted molar refractivity (Wildman–Crippen MR) is 77.1 cm³/mol. The molecule has 0 unspecified atom stereocenters. The molecule has 0 fully saturated rings. The molecular formula is C12H17NO4S2. The SMILES string of the molecule is COCCOCCS(=O)(=O)c1ccc(C(N)=S)cc1. The van der Waals surface area contributed by atoms with Gasteiger partial charge in [0, 0.05) is 12.7 Å². The summed E-state index contributed by atoms with van der Waals surface area (Å²) >= 11 is 4.81. The van der Waals surface area contributed by atoms with Gasteiger partial charge in [-0.15, -0.1) is 0 Å². The van der Waals surface area contributed by atoms with Gasteiger partial charge in [0.25, 0.3) is 0 Å². The molecule has 0 aliphatic carbocycles. The maximum atomic E-state index is 12.0. The van der Waals surface area contributed by atoms with Gasteiger partial charge in [-0.2, -0.15) is 0 Å². The molecule has 7 heteroatoms. The summed E-state index contributed by atoms with van der Waals surface area (Å²) < 4.78 is 33.9. The molecule has 0 aliphatic rings. The second-order valence-corrected chi connectivity index (χ2v) is 6.36. The van der Waals surface area contributed by atoms with Crippen molar-refractivity contribution in [2.45, 2.75) is 4.90 Å². The first-order valence-electron chi connectivity index (χ1n) is 5.66. The molecule has 5 nitrogen and oxygen atoms in total. The number of ether oxygens (including phenoxy) is 2. The number of hydrogen-bond acceptors (Lipinski definition) is 5. The summed E-state index contributed by atoms with van der Waals surface area (Å²) in [5.41, 5.74) is 6.09. The molecule has 106 valence electrons. The Balaban J connectivity index is 2.59. The third kappa shape index (κ3) is 5.23. The van der Waals surface area contributed by atoms with E-state index in [4.69, 9.17) is 27.4 Å². The van der Waals surface area contributed by atoms with Crippen molar-refractivity contribution < 1.29 is 17.9 Å². The zero-order valence-corrected chi connectivity index (χ0v) is 12.3. The van der Waals surface area contributed by atoms with E-state index in [-0.39, 0.29) is 22.2 Å². The Labute approximate surface area is 118 Å². The van der Waals surface area contributed by atoms with Crippen molar-refractivity contribution in [2.24, 2.45) is 5.73 Å². The number of hydrogen-bond donors (Lipinski definition) is 1. The second kappa shape index (κ2) is 7.54. The Hall–Kier alpha value is -1.02. The van der Waals surface area contributed by atoms with E-state index in [1.807, 2.05) is 0 Å². The molecule has 0 saturated heterocycles. The van der Waals surface area contributed by atoms with Crippen LogP contribution in [-0.4, -0.2) is 46.1 Å². The normalized spacial score (nSPS) is 11.4. The third-order valence-corrected chi connectivity index (χ3v) is 4.36. The summed E-state index contributed by atoms with van der Waals surface area (Å²) in [7, 11) is -1.78. The highest BCUT2D eigenvalue weighted by Crippen LogP contribution is 2.12. The van der Waals surface area contributed by atoms with Crippen LogP contribution >= 0.6 is 12.2 Å². The molecule has 0 aromatic heterocycles. The zero-order chi connectivity index (χ0) is 14.3. The maximum absolute atomic E-state index is 12.0. The van der Waals surface area contributed by atoms with E-state index in [9.17, 15) is 8.42 Å². The number of methoxy groups -OCH3 is 1. The van der Waals surface area contributed by atoms with E-state index in [0.29, 0.717) is 18.8 Å². The van der Waals surface area contributed by atoms with Crippen molar-refractivity contribution in [1.82, 2.24) is 0 Å². The number of nitrogens with two attached hydrogens (primary N) is 1. The Morgan fingerprint density at radius 2 is 1.84 bits per heavy atom. The minimum absolute atomic E-state index is 0.0663. The molecule has 0 saturated carbocycles. The lowest BCUT2D eigenvalue weighted by Gasteiger charge is -2.06. The average molecular weight is 303 g/mol. The van der Waals surface area contributed by atoms with E-state index in [1.54, 1.807) is 19.2 Å². The average Bonchev–Trinajstić information content (AvgIpc) is 2.38. The van der Waals surface area contributed by atoms with E-state index in [1.165, 1.54) is 12.1 Å². The fourth-order valence-corrected chi connectivity index (χ4v) is 2.62. The fourth-order valence-electron chi connectivity index (χ4n) is 1.36. The standard InChI is InChI=1S/C12H17NO4S2/c1-16-6-7-17-8-9-19(14,15)11-4-2-10(3-5-11)12(13)18/h2-5H,6-9H2,1H3,(H2,13,18). The molecule has 0 heterocycles. The van der Waals surface area contributed by atoms with Crippen LogP contribution in [0.5, 0.6) is 0 Å². The number of sulfone groups is 1. The Bertz CT molecular complexity index is 511. The van der Waals surface area contributed by atoms with Crippen LogP contribution in [0.4, 0.5) is 0 Å². The third-order valence-electron chi connectivity index (χ3n) is 2.43. The van der Waals surface area contributed by atoms with Gasteiger partial charge in [0.15, 0.2) is 9.84 Å². The van der Waals surface area contributed by atoms with Crippen LogP contribution in [0, 0.1) is 0 Å². The van der Waals surface area contributed by atoms with Crippen molar-refractivity contribution in [3.8, 4) is 0 Å². The summed E-state index contributed by atoms with van der Waals surface area (Å²) in [5, 5.41) is 0. The van der Waals surface area contributed by atoms with Gasteiger partial charge in [-0.3, -0.25) is 0 Å². The molecule has 19 heavy (non-hydrogen) atoms. The smallest absolute Gasteiger partial charge is 0.180 e. The zero-order valence-electron chi connectivity index (χ0n) is 10.7. The summed E-state index contributed by atoms with van der Waals surface area (Å²) in [6.45, 7) is 0.970. The molecule has 1 aromatic carbocycles. The fraction of sp³-hybridized carbons (Fsp3) is 0.417. The summed E-state index contributed by atoms with van der Waals surface area (Å²) in [4.78, 5) is 0.481. The van der Waals surface area contributed by atoms with E-state index in [2.05, 4.69) is 0 Å². The molecular weight excluding hydrogens is 286 g/mol. The molecule has 1 aromatic rings. The largest absolute Gasteiger partial charge is 0.389 e. The number of benzene rings is 1. The van der Waals surface area contributed by atoms with Crippen LogP contribution in [0.1, 0.15) is 5.56 Å². The molecule has 0 radical (unpaired) electrons. The predicted octanol–water partition coefficient (Wildman–Crippen LogP) is 0.758.